The van der Waals surface area contributed by atoms with Gasteiger partial charge in [-0.1, -0.05) is 39.0 Å². The summed E-state index contributed by atoms with van der Waals surface area (Å²) in [6.45, 7) is 9.18. The number of benzene rings is 2. The van der Waals surface area contributed by atoms with E-state index in [-0.39, 0.29) is 23.8 Å². The standard InChI is InChI=1S/C24H31N3O3/c1-24(2,3)19-10-8-18(9-11-19)23(29)25-17-22(28)27-14-12-26(13-15-27)20-6-5-7-21(16-20)30-4/h5-11,16H,12-15,17H2,1-4H3,(H,25,29). The van der Waals surface area contributed by atoms with Crippen LogP contribution >= 0.6 is 0 Å². The molecule has 0 atom stereocenters. The van der Waals surface area contributed by atoms with E-state index in [2.05, 4.69) is 31.0 Å². The van der Waals surface area contributed by atoms with E-state index in [4.69, 9.17) is 4.74 Å². The summed E-state index contributed by atoms with van der Waals surface area (Å²) < 4.78 is 5.29. The van der Waals surface area contributed by atoms with Crippen LogP contribution in [0, 0.1) is 0 Å². The largest absolute Gasteiger partial charge is 0.497 e. The number of piperazine rings is 1. The Bertz CT molecular complexity index is 879. The summed E-state index contributed by atoms with van der Waals surface area (Å²) >= 11 is 0. The summed E-state index contributed by atoms with van der Waals surface area (Å²) in [7, 11) is 1.66. The molecule has 0 aromatic heterocycles. The summed E-state index contributed by atoms with van der Waals surface area (Å²) in [5.74, 6) is 0.544. The normalized spacial score (nSPS) is 14.4. The Balaban J connectivity index is 1.48. The first-order chi connectivity index (χ1) is 14.3. The molecule has 0 unspecified atom stereocenters. The molecule has 30 heavy (non-hydrogen) atoms. The second kappa shape index (κ2) is 9.20. The third-order valence-electron chi connectivity index (χ3n) is 5.46. The fourth-order valence-electron chi connectivity index (χ4n) is 3.51. The zero-order valence-electron chi connectivity index (χ0n) is 18.3. The van der Waals surface area contributed by atoms with Gasteiger partial charge in [0.25, 0.3) is 5.91 Å². The summed E-state index contributed by atoms with van der Waals surface area (Å²) in [4.78, 5) is 29.0. The van der Waals surface area contributed by atoms with Gasteiger partial charge >= 0.3 is 0 Å². The topological polar surface area (TPSA) is 61.9 Å². The highest BCUT2D eigenvalue weighted by molar-refractivity contribution is 5.96. The van der Waals surface area contributed by atoms with Crippen LogP contribution in [0.25, 0.3) is 0 Å². The van der Waals surface area contributed by atoms with Crippen molar-refractivity contribution in [2.45, 2.75) is 26.2 Å². The average Bonchev–Trinajstić information content (AvgIpc) is 2.77. The Kier molecular flexibility index (Phi) is 6.65. The van der Waals surface area contributed by atoms with Crippen molar-refractivity contribution in [3.05, 3.63) is 59.7 Å². The minimum atomic E-state index is -0.223. The van der Waals surface area contributed by atoms with Crippen molar-refractivity contribution >= 4 is 17.5 Å². The molecule has 2 amide bonds. The molecule has 1 aliphatic heterocycles. The van der Waals surface area contributed by atoms with Gasteiger partial charge in [0.1, 0.15) is 5.75 Å². The molecule has 6 heteroatoms. The van der Waals surface area contributed by atoms with Crippen molar-refractivity contribution in [3.63, 3.8) is 0 Å². The van der Waals surface area contributed by atoms with Crippen LogP contribution in [0.2, 0.25) is 0 Å². The fourth-order valence-corrected chi connectivity index (χ4v) is 3.51. The lowest BCUT2D eigenvalue weighted by molar-refractivity contribution is -0.130. The Hall–Kier alpha value is -3.02. The number of nitrogens with one attached hydrogen (secondary N) is 1. The molecule has 0 spiro atoms. The van der Waals surface area contributed by atoms with Crippen molar-refractivity contribution in [3.8, 4) is 5.75 Å². The Morgan fingerprint density at radius 3 is 2.27 bits per heavy atom. The Labute approximate surface area is 178 Å². The number of hydrogen-bond acceptors (Lipinski definition) is 4. The van der Waals surface area contributed by atoms with Crippen molar-refractivity contribution < 1.29 is 14.3 Å². The lowest BCUT2D eigenvalue weighted by Crippen LogP contribution is -2.51. The van der Waals surface area contributed by atoms with Crippen LogP contribution in [0.3, 0.4) is 0 Å². The lowest BCUT2D eigenvalue weighted by Gasteiger charge is -2.36. The van der Waals surface area contributed by atoms with Crippen molar-refractivity contribution in [1.29, 1.82) is 0 Å². The lowest BCUT2D eigenvalue weighted by atomic mass is 9.87. The van der Waals surface area contributed by atoms with E-state index >= 15 is 0 Å². The monoisotopic (exact) mass is 409 g/mol. The predicted octanol–water partition coefficient (Wildman–Crippen LogP) is 3.07. The van der Waals surface area contributed by atoms with Crippen LogP contribution in [-0.4, -0.2) is 56.5 Å². The minimum Gasteiger partial charge on any atom is -0.497 e. The molecule has 0 saturated carbocycles. The maximum atomic E-state index is 12.5. The highest BCUT2D eigenvalue weighted by Gasteiger charge is 2.22. The number of anilines is 1. The van der Waals surface area contributed by atoms with E-state index in [1.807, 2.05) is 48.5 Å². The first-order valence-corrected chi connectivity index (χ1v) is 10.3. The summed E-state index contributed by atoms with van der Waals surface area (Å²) in [6, 6.07) is 15.5. The quantitative estimate of drug-likeness (QED) is 0.825. The SMILES string of the molecule is COc1cccc(N2CCN(C(=O)CNC(=O)c3ccc(C(C)(C)C)cc3)CC2)c1. The summed E-state index contributed by atoms with van der Waals surface area (Å²) in [5, 5.41) is 2.75. The number of hydrogen-bond donors (Lipinski definition) is 1. The van der Waals surface area contributed by atoms with Crippen LogP contribution in [-0.2, 0) is 10.2 Å². The predicted molar refractivity (Wildman–Crippen MR) is 119 cm³/mol. The zero-order valence-corrected chi connectivity index (χ0v) is 18.3. The number of carbonyl (C=O) groups is 2. The van der Waals surface area contributed by atoms with E-state index in [1.165, 1.54) is 5.56 Å². The number of methoxy groups -OCH3 is 1. The molecule has 1 heterocycles. The van der Waals surface area contributed by atoms with Crippen LogP contribution in [0.4, 0.5) is 5.69 Å². The number of carbonyl (C=O) groups excluding carboxylic acids is 2. The van der Waals surface area contributed by atoms with E-state index in [0.717, 1.165) is 24.5 Å². The van der Waals surface area contributed by atoms with Crippen molar-refractivity contribution in [2.75, 3.05) is 44.7 Å². The first-order valence-electron chi connectivity index (χ1n) is 10.3. The van der Waals surface area contributed by atoms with Crippen molar-refractivity contribution in [2.24, 2.45) is 0 Å². The van der Waals surface area contributed by atoms with Gasteiger partial charge in [0.2, 0.25) is 5.91 Å². The van der Waals surface area contributed by atoms with Crippen LogP contribution in [0.5, 0.6) is 5.75 Å². The molecular formula is C24H31N3O3. The fraction of sp³-hybridized carbons (Fsp3) is 0.417. The molecule has 2 aromatic rings. The third-order valence-corrected chi connectivity index (χ3v) is 5.46. The summed E-state index contributed by atoms with van der Waals surface area (Å²) in [5.41, 5.74) is 2.87. The summed E-state index contributed by atoms with van der Waals surface area (Å²) in [6.07, 6.45) is 0. The minimum absolute atomic E-state index is 0.0129. The second-order valence-electron chi connectivity index (χ2n) is 8.58. The molecule has 1 N–H and O–H groups in total. The van der Waals surface area contributed by atoms with Gasteiger partial charge in [-0.05, 0) is 35.2 Å². The average molecular weight is 410 g/mol. The van der Waals surface area contributed by atoms with Gasteiger partial charge < -0.3 is 19.9 Å². The molecule has 0 radical (unpaired) electrons. The van der Waals surface area contributed by atoms with Gasteiger partial charge in [-0.3, -0.25) is 9.59 Å². The van der Waals surface area contributed by atoms with E-state index in [1.54, 1.807) is 12.0 Å². The first kappa shape index (κ1) is 21.7. The van der Waals surface area contributed by atoms with E-state index in [9.17, 15) is 9.59 Å². The molecular weight excluding hydrogens is 378 g/mol. The second-order valence-corrected chi connectivity index (χ2v) is 8.58. The van der Waals surface area contributed by atoms with E-state index in [0.29, 0.717) is 18.7 Å². The molecule has 2 aromatic carbocycles. The molecule has 3 rings (SSSR count). The number of rotatable bonds is 5. The maximum absolute atomic E-state index is 12.5. The molecule has 1 fully saturated rings. The highest BCUT2D eigenvalue weighted by atomic mass is 16.5. The molecule has 6 nitrogen and oxygen atoms in total. The number of amides is 2. The van der Waals surface area contributed by atoms with Crippen molar-refractivity contribution in [1.82, 2.24) is 10.2 Å². The molecule has 1 saturated heterocycles. The van der Waals surface area contributed by atoms with Gasteiger partial charge in [0, 0.05) is 43.5 Å². The molecule has 0 bridgehead atoms. The highest BCUT2D eigenvalue weighted by Crippen LogP contribution is 2.23. The molecule has 160 valence electrons. The van der Waals surface area contributed by atoms with Gasteiger partial charge in [-0.25, -0.2) is 0 Å². The Morgan fingerprint density at radius 2 is 1.67 bits per heavy atom. The third kappa shape index (κ3) is 5.32. The van der Waals surface area contributed by atoms with Gasteiger partial charge in [-0.2, -0.15) is 0 Å². The van der Waals surface area contributed by atoms with Crippen LogP contribution < -0.4 is 15.0 Å². The van der Waals surface area contributed by atoms with Gasteiger partial charge in [0.05, 0.1) is 13.7 Å². The number of nitrogens with zero attached hydrogens (tertiary/aromatic N) is 2. The zero-order chi connectivity index (χ0) is 21.7. The maximum Gasteiger partial charge on any atom is 0.251 e. The molecule has 0 aliphatic carbocycles. The smallest absolute Gasteiger partial charge is 0.251 e. The van der Waals surface area contributed by atoms with Crippen LogP contribution in [0.1, 0.15) is 36.7 Å². The van der Waals surface area contributed by atoms with Crippen LogP contribution in [0.15, 0.2) is 48.5 Å². The number of ether oxygens (including phenoxy) is 1. The van der Waals surface area contributed by atoms with Gasteiger partial charge in [0.15, 0.2) is 0 Å². The van der Waals surface area contributed by atoms with Gasteiger partial charge in [-0.15, -0.1) is 0 Å². The van der Waals surface area contributed by atoms with E-state index < -0.39 is 0 Å². The Morgan fingerprint density at radius 1 is 1.00 bits per heavy atom. The molecule has 1 aliphatic rings.